The Morgan fingerprint density at radius 3 is 1.88 bits per heavy atom. The fourth-order valence-corrected chi connectivity index (χ4v) is 3.63. The second-order valence-electron chi connectivity index (χ2n) is 7.07. The van der Waals surface area contributed by atoms with E-state index in [1.165, 1.54) is 32.0 Å². The van der Waals surface area contributed by atoms with Gasteiger partial charge < -0.3 is 5.73 Å². The third-order valence-electron chi connectivity index (χ3n) is 4.74. The van der Waals surface area contributed by atoms with Gasteiger partial charge in [0.25, 0.3) is 5.24 Å². The van der Waals surface area contributed by atoms with Crippen molar-refractivity contribution in [2.45, 2.75) is 31.9 Å². The quantitative estimate of drug-likeness (QED) is 0.212. The number of aryl methyl sites for hydroxylation is 2. The van der Waals surface area contributed by atoms with Crippen molar-refractivity contribution in [2.75, 3.05) is 5.01 Å². The van der Waals surface area contributed by atoms with Crippen LogP contribution in [0.4, 0.5) is 36.4 Å². The summed E-state index contributed by atoms with van der Waals surface area (Å²) in [5, 5.41) is 0.126. The first-order valence-corrected chi connectivity index (χ1v) is 9.62. The Bertz CT molecular complexity index is 1080. The van der Waals surface area contributed by atoms with Crippen LogP contribution in [0.15, 0.2) is 36.5 Å². The zero-order valence-corrected chi connectivity index (χ0v) is 18.4. The summed E-state index contributed by atoms with van der Waals surface area (Å²) in [7, 11) is 0. The number of alkyl halides is 7. The van der Waals surface area contributed by atoms with E-state index < -0.39 is 28.8 Å². The lowest BCUT2D eigenvalue weighted by Gasteiger charge is -2.31. The predicted molar refractivity (Wildman–Crippen MR) is 111 cm³/mol. The van der Waals surface area contributed by atoms with Crippen molar-refractivity contribution in [3.8, 4) is 0 Å². The molecular weight excluding hydrogens is 502 g/mol. The maximum Gasteiger partial charge on any atom is 0.435 e. The topological polar surface area (TPSA) is 72.3 Å². The van der Waals surface area contributed by atoms with Crippen molar-refractivity contribution in [3.05, 3.63) is 69.4 Å². The molecule has 0 fully saturated rings. The number of anilines is 1. The number of hydrogen-bond donors (Lipinski definition) is 2. The molecule has 4 nitrogen and oxygen atoms in total. The summed E-state index contributed by atoms with van der Waals surface area (Å²) in [6.45, 7) is 2.35. The first-order valence-electron chi connectivity index (χ1n) is 8.87. The van der Waals surface area contributed by atoms with Crippen LogP contribution < -0.4 is 16.6 Å². The molecule has 0 saturated carbocycles. The summed E-state index contributed by atoms with van der Waals surface area (Å²) in [4.78, 5) is 11.4. The maximum absolute atomic E-state index is 14.4. The molecule has 0 atom stereocenters. The minimum atomic E-state index is -6.24. The van der Waals surface area contributed by atoms with Crippen LogP contribution in [0, 0.1) is 13.8 Å². The molecule has 0 aromatic heterocycles. The van der Waals surface area contributed by atoms with Crippen molar-refractivity contribution in [1.82, 2.24) is 0 Å². The van der Waals surface area contributed by atoms with Crippen LogP contribution in [0.1, 0.15) is 32.6 Å². The van der Waals surface area contributed by atoms with E-state index in [-0.39, 0.29) is 38.7 Å². The molecule has 180 valence electrons. The predicted octanol–water partition coefficient (Wildman–Crippen LogP) is 6.26. The van der Waals surface area contributed by atoms with Gasteiger partial charge in [-0.3, -0.25) is 9.80 Å². The summed E-state index contributed by atoms with van der Waals surface area (Å²) in [5.41, 5.74) is -1.51. The Balaban J connectivity index is 2.55. The second kappa shape index (κ2) is 9.03. The normalized spacial score (nSPS) is 13.3. The number of carbonyl (C=O) groups excluding carboxylic acids is 1. The molecule has 33 heavy (non-hydrogen) atoms. The Morgan fingerprint density at radius 1 is 0.970 bits per heavy atom. The zero-order valence-electron chi connectivity index (χ0n) is 16.9. The summed E-state index contributed by atoms with van der Waals surface area (Å²) in [6.07, 6.45) is -11.4. The van der Waals surface area contributed by atoms with Crippen LogP contribution in [0.3, 0.4) is 0 Å². The molecule has 0 radical (unpaired) electrons. The minimum Gasteiger partial charge on any atom is -0.397 e. The number of nitrogens with two attached hydrogens (primary N) is 2. The third-order valence-corrected chi connectivity index (χ3v) is 5.27. The van der Waals surface area contributed by atoms with Gasteiger partial charge in [0.15, 0.2) is 0 Å². The fourth-order valence-electron chi connectivity index (χ4n) is 3.22. The summed E-state index contributed by atoms with van der Waals surface area (Å²) >= 11 is 11.3. The number of carbonyl (C=O) groups is 1. The lowest BCUT2D eigenvalue weighted by Crippen LogP contribution is -2.50. The number of hydrogen-bond acceptors (Lipinski definition) is 4. The van der Waals surface area contributed by atoms with Gasteiger partial charge in [-0.05, 0) is 54.8 Å². The average molecular weight is 518 g/mol. The van der Waals surface area contributed by atoms with E-state index in [2.05, 4.69) is 0 Å². The molecule has 0 saturated heterocycles. The number of halogens is 9. The molecule has 4 N–H and O–H groups in total. The van der Waals surface area contributed by atoms with Crippen LogP contribution >= 0.6 is 23.2 Å². The van der Waals surface area contributed by atoms with Gasteiger partial charge in [-0.2, -0.15) is 26.3 Å². The van der Waals surface area contributed by atoms with Gasteiger partial charge in [0.05, 0.1) is 22.0 Å². The third kappa shape index (κ3) is 5.04. The molecule has 0 bridgehead atoms. The Kier molecular flexibility index (Phi) is 7.32. The lowest BCUT2D eigenvalue weighted by atomic mass is 9.88. The van der Waals surface area contributed by atoms with Crippen LogP contribution in [-0.4, -0.2) is 17.6 Å². The van der Waals surface area contributed by atoms with Crippen molar-refractivity contribution in [1.29, 1.82) is 0 Å². The van der Waals surface area contributed by atoms with Crippen LogP contribution in [-0.2, 0) is 5.67 Å². The fraction of sp³-hybridized carbons (Fsp3) is 0.250. The van der Waals surface area contributed by atoms with Crippen LogP contribution in [0.5, 0.6) is 0 Å². The molecule has 0 aliphatic heterocycles. The maximum atomic E-state index is 14.4. The molecule has 0 amide bonds. The summed E-state index contributed by atoms with van der Waals surface area (Å²) < 4.78 is 93.0. The summed E-state index contributed by atoms with van der Waals surface area (Å²) in [5.74, 6) is 5.89. The highest BCUT2D eigenvalue weighted by Gasteiger charge is 2.73. The first-order chi connectivity index (χ1) is 14.9. The molecular formula is C20H16Cl2F7N3O. The molecule has 2 rings (SSSR count). The van der Waals surface area contributed by atoms with E-state index in [0.29, 0.717) is 12.1 Å². The van der Waals surface area contributed by atoms with Crippen molar-refractivity contribution in [3.63, 3.8) is 0 Å². The van der Waals surface area contributed by atoms with Crippen molar-refractivity contribution in [2.24, 2.45) is 11.6 Å². The van der Waals surface area contributed by atoms with Gasteiger partial charge in [0.2, 0.25) is 0 Å². The van der Waals surface area contributed by atoms with Gasteiger partial charge in [-0.15, -0.1) is 0 Å². The van der Waals surface area contributed by atoms with E-state index in [4.69, 9.17) is 34.8 Å². The molecule has 0 aliphatic rings. The van der Waals surface area contributed by atoms with Gasteiger partial charge in [-0.1, -0.05) is 23.7 Å². The van der Waals surface area contributed by atoms with E-state index in [9.17, 15) is 35.5 Å². The largest absolute Gasteiger partial charge is 0.435 e. The summed E-state index contributed by atoms with van der Waals surface area (Å²) in [6, 6.07) is 4.84. The molecule has 0 spiro atoms. The molecule has 0 aliphatic carbocycles. The number of hydrazine groups is 1. The minimum absolute atomic E-state index is 0.0449. The molecule has 13 heteroatoms. The molecule has 2 aromatic rings. The van der Waals surface area contributed by atoms with E-state index >= 15 is 0 Å². The van der Waals surface area contributed by atoms with Gasteiger partial charge in [0, 0.05) is 17.3 Å². The number of benzene rings is 2. The standard InChI is InChI=1S/C20H16Cl2F7N3O/c1-9-5-11(18(23,19(24,25)26)20(27,28)29)6-10(2)16(9)15(30)8-32(31)12-3-4-14(21)13(7-12)17(22)33/h3-8H,30-31H2,1-2H3/b15-8-. The average Bonchev–Trinajstić information content (AvgIpc) is 2.64. The lowest BCUT2D eigenvalue weighted by molar-refractivity contribution is -0.348. The number of rotatable bonds is 5. The van der Waals surface area contributed by atoms with E-state index in [0.717, 1.165) is 11.2 Å². The Labute approximate surface area is 193 Å². The highest BCUT2D eigenvalue weighted by Crippen LogP contribution is 2.53. The zero-order chi connectivity index (χ0) is 25.5. The molecule has 0 unspecified atom stereocenters. The van der Waals surface area contributed by atoms with Crippen molar-refractivity contribution < 1.29 is 35.5 Å². The van der Waals surface area contributed by atoms with Crippen LogP contribution in [0.25, 0.3) is 5.70 Å². The SMILES string of the molecule is Cc1cc(C(F)(C(F)(F)F)C(F)(F)F)cc(C)c1/C(N)=C/N(N)c1ccc(Cl)c(C(=O)Cl)c1. The highest BCUT2D eigenvalue weighted by atomic mass is 35.5. The Hall–Kier alpha value is -2.50. The van der Waals surface area contributed by atoms with Crippen LogP contribution in [0.2, 0.25) is 5.02 Å². The monoisotopic (exact) mass is 517 g/mol. The van der Waals surface area contributed by atoms with Crippen molar-refractivity contribution >= 4 is 39.8 Å². The molecule has 0 heterocycles. The Morgan fingerprint density at radius 2 is 1.45 bits per heavy atom. The smallest absolute Gasteiger partial charge is 0.397 e. The molecule has 2 aromatic carbocycles. The second-order valence-corrected chi connectivity index (χ2v) is 7.82. The van der Waals surface area contributed by atoms with Gasteiger partial charge in [0.1, 0.15) is 0 Å². The van der Waals surface area contributed by atoms with E-state index in [1.807, 2.05) is 0 Å². The number of nitrogens with zero attached hydrogens (tertiary/aromatic N) is 1. The highest BCUT2D eigenvalue weighted by molar-refractivity contribution is 6.68. The first kappa shape index (κ1) is 26.7. The van der Waals surface area contributed by atoms with Gasteiger partial charge in [-0.25, -0.2) is 10.2 Å². The van der Waals surface area contributed by atoms with E-state index in [1.54, 1.807) is 0 Å². The van der Waals surface area contributed by atoms with Gasteiger partial charge >= 0.3 is 18.0 Å².